The van der Waals surface area contributed by atoms with Crippen LogP contribution >= 0.6 is 0 Å². The van der Waals surface area contributed by atoms with Crippen molar-refractivity contribution in [2.45, 2.75) is 26.3 Å². The first-order valence-electron chi connectivity index (χ1n) is 7.02. The molecule has 0 radical (unpaired) electrons. The minimum Gasteiger partial charge on any atom is -0.496 e. The first kappa shape index (κ1) is 14.6. The summed E-state index contributed by atoms with van der Waals surface area (Å²) >= 11 is 0. The van der Waals surface area contributed by atoms with Gasteiger partial charge in [-0.2, -0.15) is 0 Å². The standard InChI is InChI=1S/C18H23NO/c1-13-7-5-6-8-15(13)12-17(19-3)16-9-10-18(20-4)14(2)11-16/h5-11,17,19H,12H2,1-4H3. The Morgan fingerprint density at radius 1 is 1.05 bits per heavy atom. The van der Waals surface area contributed by atoms with Crippen molar-refractivity contribution in [3.05, 3.63) is 64.7 Å². The molecule has 2 aromatic carbocycles. The lowest BCUT2D eigenvalue weighted by Gasteiger charge is -2.19. The lowest BCUT2D eigenvalue weighted by molar-refractivity contribution is 0.411. The first-order valence-corrected chi connectivity index (χ1v) is 7.02. The topological polar surface area (TPSA) is 21.3 Å². The largest absolute Gasteiger partial charge is 0.496 e. The van der Waals surface area contributed by atoms with E-state index in [2.05, 4.69) is 55.6 Å². The molecule has 0 bridgehead atoms. The summed E-state index contributed by atoms with van der Waals surface area (Å²) < 4.78 is 5.33. The summed E-state index contributed by atoms with van der Waals surface area (Å²) in [5, 5.41) is 3.42. The van der Waals surface area contributed by atoms with Gasteiger partial charge < -0.3 is 10.1 Å². The molecule has 2 aromatic rings. The van der Waals surface area contributed by atoms with Gasteiger partial charge in [-0.05, 0) is 55.6 Å². The highest BCUT2D eigenvalue weighted by Gasteiger charge is 2.12. The van der Waals surface area contributed by atoms with Crippen molar-refractivity contribution >= 4 is 0 Å². The second-order valence-corrected chi connectivity index (χ2v) is 5.20. The molecule has 0 amide bonds. The average Bonchev–Trinajstić information content (AvgIpc) is 2.46. The number of benzene rings is 2. The Morgan fingerprint density at radius 3 is 2.40 bits per heavy atom. The highest BCUT2D eigenvalue weighted by molar-refractivity contribution is 5.38. The summed E-state index contributed by atoms with van der Waals surface area (Å²) in [7, 11) is 3.73. The number of nitrogens with one attached hydrogen (secondary N) is 1. The zero-order valence-corrected chi connectivity index (χ0v) is 12.7. The van der Waals surface area contributed by atoms with Gasteiger partial charge in [0.25, 0.3) is 0 Å². The third-order valence-electron chi connectivity index (χ3n) is 3.86. The minimum absolute atomic E-state index is 0.320. The molecule has 1 unspecified atom stereocenters. The van der Waals surface area contributed by atoms with Crippen LogP contribution in [0.1, 0.15) is 28.3 Å². The van der Waals surface area contributed by atoms with E-state index < -0.39 is 0 Å². The molecule has 0 saturated carbocycles. The van der Waals surface area contributed by atoms with E-state index in [1.807, 2.05) is 13.1 Å². The van der Waals surface area contributed by atoms with Gasteiger partial charge in [0, 0.05) is 6.04 Å². The maximum atomic E-state index is 5.33. The van der Waals surface area contributed by atoms with Gasteiger partial charge in [-0.1, -0.05) is 36.4 Å². The highest BCUT2D eigenvalue weighted by Crippen LogP contribution is 2.25. The van der Waals surface area contributed by atoms with Crippen LogP contribution in [0.4, 0.5) is 0 Å². The minimum atomic E-state index is 0.320. The maximum Gasteiger partial charge on any atom is 0.121 e. The number of aryl methyl sites for hydroxylation is 2. The van der Waals surface area contributed by atoms with Crippen LogP contribution in [-0.2, 0) is 6.42 Å². The highest BCUT2D eigenvalue weighted by atomic mass is 16.5. The molecule has 0 aliphatic carbocycles. The molecule has 0 heterocycles. The second-order valence-electron chi connectivity index (χ2n) is 5.20. The summed E-state index contributed by atoms with van der Waals surface area (Å²) in [6.45, 7) is 4.25. The van der Waals surface area contributed by atoms with Crippen LogP contribution in [-0.4, -0.2) is 14.2 Å². The molecule has 20 heavy (non-hydrogen) atoms. The van der Waals surface area contributed by atoms with E-state index in [1.54, 1.807) is 7.11 Å². The Kier molecular flexibility index (Phi) is 4.80. The van der Waals surface area contributed by atoms with Crippen LogP contribution < -0.4 is 10.1 Å². The lowest BCUT2D eigenvalue weighted by Crippen LogP contribution is -2.19. The zero-order valence-electron chi connectivity index (χ0n) is 12.7. The van der Waals surface area contributed by atoms with Crippen molar-refractivity contribution in [3.8, 4) is 5.75 Å². The molecule has 0 aromatic heterocycles. The Bertz CT molecular complexity index is 577. The third kappa shape index (κ3) is 3.20. The van der Waals surface area contributed by atoms with Gasteiger partial charge in [0.2, 0.25) is 0 Å². The van der Waals surface area contributed by atoms with Crippen LogP contribution in [0, 0.1) is 13.8 Å². The van der Waals surface area contributed by atoms with Crippen LogP contribution in [0.2, 0.25) is 0 Å². The van der Waals surface area contributed by atoms with Crippen molar-refractivity contribution in [2.75, 3.05) is 14.2 Å². The fourth-order valence-corrected chi connectivity index (χ4v) is 2.56. The van der Waals surface area contributed by atoms with E-state index in [4.69, 9.17) is 4.74 Å². The zero-order chi connectivity index (χ0) is 14.5. The predicted molar refractivity (Wildman–Crippen MR) is 84.4 cm³/mol. The Hall–Kier alpha value is -1.80. The molecule has 2 heteroatoms. The van der Waals surface area contributed by atoms with Crippen molar-refractivity contribution in [1.29, 1.82) is 0 Å². The van der Waals surface area contributed by atoms with Crippen molar-refractivity contribution in [2.24, 2.45) is 0 Å². The number of hydrogen-bond acceptors (Lipinski definition) is 2. The summed E-state index contributed by atoms with van der Waals surface area (Å²) in [5.41, 5.74) is 5.21. The van der Waals surface area contributed by atoms with Crippen molar-refractivity contribution in [3.63, 3.8) is 0 Å². The maximum absolute atomic E-state index is 5.33. The first-order chi connectivity index (χ1) is 9.65. The summed E-state index contributed by atoms with van der Waals surface area (Å²) in [5.74, 6) is 0.944. The van der Waals surface area contributed by atoms with Gasteiger partial charge in [0.1, 0.15) is 5.75 Å². The molecule has 1 atom stereocenters. The number of hydrogen-bond donors (Lipinski definition) is 1. The fourth-order valence-electron chi connectivity index (χ4n) is 2.56. The molecule has 0 aliphatic rings. The lowest BCUT2D eigenvalue weighted by atomic mass is 9.95. The van der Waals surface area contributed by atoms with Crippen LogP contribution in [0.15, 0.2) is 42.5 Å². The second kappa shape index (κ2) is 6.58. The van der Waals surface area contributed by atoms with Crippen LogP contribution in [0.3, 0.4) is 0 Å². The Balaban J connectivity index is 2.24. The van der Waals surface area contributed by atoms with Gasteiger partial charge in [-0.3, -0.25) is 0 Å². The molecule has 1 N–H and O–H groups in total. The van der Waals surface area contributed by atoms with E-state index in [9.17, 15) is 0 Å². The average molecular weight is 269 g/mol. The van der Waals surface area contributed by atoms with E-state index in [0.29, 0.717) is 6.04 Å². The number of rotatable bonds is 5. The number of ether oxygens (including phenoxy) is 1. The molecule has 106 valence electrons. The van der Waals surface area contributed by atoms with E-state index >= 15 is 0 Å². The molecular formula is C18H23NO. The monoisotopic (exact) mass is 269 g/mol. The predicted octanol–water partition coefficient (Wildman–Crippen LogP) is 3.82. The van der Waals surface area contributed by atoms with Crippen LogP contribution in [0.5, 0.6) is 5.75 Å². The molecule has 0 spiro atoms. The summed E-state index contributed by atoms with van der Waals surface area (Å²) in [6.07, 6.45) is 0.995. The molecule has 0 fully saturated rings. The molecule has 0 saturated heterocycles. The molecular weight excluding hydrogens is 246 g/mol. The fraction of sp³-hybridized carbons (Fsp3) is 0.333. The van der Waals surface area contributed by atoms with E-state index in [0.717, 1.165) is 12.2 Å². The molecule has 2 nitrogen and oxygen atoms in total. The van der Waals surface area contributed by atoms with Gasteiger partial charge in [0.05, 0.1) is 7.11 Å². The van der Waals surface area contributed by atoms with E-state index in [1.165, 1.54) is 22.3 Å². The van der Waals surface area contributed by atoms with Crippen LogP contribution in [0.25, 0.3) is 0 Å². The van der Waals surface area contributed by atoms with Gasteiger partial charge in [0.15, 0.2) is 0 Å². The van der Waals surface area contributed by atoms with Crippen molar-refractivity contribution < 1.29 is 4.74 Å². The van der Waals surface area contributed by atoms with Crippen molar-refractivity contribution in [1.82, 2.24) is 5.32 Å². The Labute approximate surface area is 121 Å². The SMILES string of the molecule is CNC(Cc1ccccc1C)c1ccc(OC)c(C)c1. The summed E-state index contributed by atoms with van der Waals surface area (Å²) in [4.78, 5) is 0. The Morgan fingerprint density at radius 2 is 1.80 bits per heavy atom. The van der Waals surface area contributed by atoms with E-state index in [-0.39, 0.29) is 0 Å². The third-order valence-corrected chi connectivity index (χ3v) is 3.86. The summed E-state index contributed by atoms with van der Waals surface area (Å²) in [6, 6.07) is 15.3. The molecule has 2 rings (SSSR count). The van der Waals surface area contributed by atoms with Gasteiger partial charge in [-0.25, -0.2) is 0 Å². The number of methoxy groups -OCH3 is 1. The van der Waals surface area contributed by atoms with Gasteiger partial charge in [-0.15, -0.1) is 0 Å². The normalized spacial score (nSPS) is 12.2. The number of likely N-dealkylation sites (N-methyl/N-ethyl adjacent to an activating group) is 1. The molecule has 0 aliphatic heterocycles. The quantitative estimate of drug-likeness (QED) is 0.891. The smallest absolute Gasteiger partial charge is 0.121 e. The van der Waals surface area contributed by atoms with Gasteiger partial charge >= 0.3 is 0 Å².